The summed E-state index contributed by atoms with van der Waals surface area (Å²) in [7, 11) is 3.40. The van der Waals surface area contributed by atoms with Gasteiger partial charge in [0.15, 0.2) is 0 Å². The van der Waals surface area contributed by atoms with Gasteiger partial charge in [0, 0.05) is 13.1 Å². The van der Waals surface area contributed by atoms with Crippen LogP contribution in [0, 0.1) is 71.0 Å². The first kappa shape index (κ1) is 98.7. The summed E-state index contributed by atoms with van der Waals surface area (Å²) in [6.07, 6.45) is 10.8. The van der Waals surface area contributed by atoms with Crippen molar-refractivity contribution in [2.45, 2.75) is 282 Å². The Balaban J connectivity index is -0.000000227. The number of carbonyl (C=O) groups excluding carboxylic acids is 10. The van der Waals surface area contributed by atoms with E-state index in [2.05, 4.69) is 19.1 Å². The van der Waals surface area contributed by atoms with Crippen molar-refractivity contribution >= 4 is 59.7 Å². The minimum atomic E-state index is -0.153. The maximum Gasteiger partial charge on any atom is 0.308 e. The van der Waals surface area contributed by atoms with Crippen LogP contribution in [0.4, 0.5) is 0 Å². The zero-order valence-corrected chi connectivity index (χ0v) is 64.0. The SMILES string of the molecule is CC(C)C(=O)OC1CCC1.CC(C)C(=O)OC1CCC1.CC(C)C(=O)OC1CN(C)C1.CC(C)C(=O)OCC1CC1.CC(C)COC(=O)C(C)C.CC(C)OC(=O)C(C)C.CCC(C)OC(=O)C(C)C.CCOC(=O)C(C)C.CCOC(=O)C(C)C.COC(=O)C(C)C. The number of rotatable bonds is 22. The molecule has 1 heterocycles. The molecule has 1 saturated heterocycles. The van der Waals surface area contributed by atoms with Crippen LogP contribution >= 0.6 is 0 Å². The van der Waals surface area contributed by atoms with E-state index in [4.69, 9.17) is 33.2 Å². The molecule has 0 aromatic heterocycles. The van der Waals surface area contributed by atoms with Crippen LogP contribution in [0.25, 0.3) is 0 Å². The van der Waals surface area contributed by atoms with E-state index in [0.717, 1.165) is 45.2 Å². The second kappa shape index (κ2) is 59.2. The standard InChI is InChI=1S/C8H15NO2.3C8H14O2.2C8H16O2.C7H14O2.2C6H12O2.C5H10O2/c1-6(2)8(10)11-7-4-9(3)5-7;1-6(2)8(9)10-5-7-3-4-7;2*1-6(2)8(9)10-7-4-3-5-7;1-6(2)5-10-8(9)7(3)4;1-5-7(4)10-8(9)6(2)3;1-5(2)7(8)9-6(3)4;2*1-4-8-6(7)5(2)3;1-4(2)5(6)7-3/h6-7H,4-5H2,1-3H3;3*6-7H,3-5H2,1-2H3;2*6-7H,5H2,1-4H3;5-6H,1-4H3;2*5H,4H2,1-3H3;4H,1-3H3. The first-order valence-corrected chi connectivity index (χ1v) is 34.3. The fourth-order valence-corrected chi connectivity index (χ4v) is 5.30. The first-order valence-electron chi connectivity index (χ1n) is 34.3. The lowest BCUT2D eigenvalue weighted by Crippen LogP contribution is -2.50. The molecule has 3 aliphatic carbocycles. The minimum Gasteiger partial charge on any atom is -0.469 e. The van der Waals surface area contributed by atoms with E-state index in [0.29, 0.717) is 38.3 Å². The van der Waals surface area contributed by atoms with Gasteiger partial charge in [-0.25, -0.2) is 0 Å². The van der Waals surface area contributed by atoms with Gasteiger partial charge in [0.2, 0.25) is 0 Å². The van der Waals surface area contributed by atoms with Gasteiger partial charge in [-0.3, -0.25) is 52.8 Å². The van der Waals surface area contributed by atoms with Crippen LogP contribution in [-0.2, 0) is 95.3 Å². The number of hydrogen-bond acceptors (Lipinski definition) is 21. The molecule has 4 fully saturated rings. The van der Waals surface area contributed by atoms with E-state index in [-0.39, 0.29) is 149 Å². The molecule has 0 aromatic rings. The second-order valence-electron chi connectivity index (χ2n) is 27.1. The molecule has 0 bridgehead atoms. The molecule has 1 atom stereocenters. The maximum absolute atomic E-state index is 11.0. The van der Waals surface area contributed by atoms with Crippen LogP contribution in [0.3, 0.4) is 0 Å². The van der Waals surface area contributed by atoms with Crippen LogP contribution in [-0.4, -0.2) is 149 Å². The van der Waals surface area contributed by atoms with Gasteiger partial charge in [-0.15, -0.1) is 0 Å². The lowest BCUT2D eigenvalue weighted by Gasteiger charge is -2.35. The number of likely N-dealkylation sites (N-methyl/N-ethyl adjacent to an activating group) is 1. The summed E-state index contributed by atoms with van der Waals surface area (Å²) in [6, 6.07) is 0. The molecule has 1 unspecified atom stereocenters. The first-order chi connectivity index (χ1) is 42.9. The summed E-state index contributed by atoms with van der Waals surface area (Å²) >= 11 is 0. The summed E-state index contributed by atoms with van der Waals surface area (Å²) in [5.74, 6) is 0.249. The molecule has 3 saturated carbocycles. The molecule has 21 nitrogen and oxygen atoms in total. The molecule has 0 N–H and O–H groups in total. The third-order valence-electron chi connectivity index (χ3n) is 12.4. The highest BCUT2D eigenvalue weighted by Crippen LogP contribution is 2.29. The quantitative estimate of drug-likeness (QED) is 0.0720. The van der Waals surface area contributed by atoms with Crippen molar-refractivity contribution in [2.24, 2.45) is 71.0 Å². The van der Waals surface area contributed by atoms with Gasteiger partial charge in [0.25, 0.3) is 0 Å². The highest BCUT2D eigenvalue weighted by Gasteiger charge is 2.28. The molecule has 0 amide bonds. The number of ether oxygens (including phenoxy) is 10. The normalized spacial score (nSPS) is 14.2. The van der Waals surface area contributed by atoms with E-state index in [9.17, 15) is 47.9 Å². The van der Waals surface area contributed by atoms with E-state index in [1.807, 2.05) is 173 Å². The Hall–Kier alpha value is -5.34. The fourth-order valence-electron chi connectivity index (χ4n) is 5.30. The van der Waals surface area contributed by atoms with Crippen molar-refractivity contribution < 1.29 is 95.3 Å². The maximum atomic E-state index is 11.0. The number of esters is 10. The molecule has 0 radical (unpaired) electrons. The molecule has 1 aliphatic heterocycles. The molecule has 4 rings (SSSR count). The van der Waals surface area contributed by atoms with Gasteiger partial charge in [-0.1, -0.05) is 159 Å². The van der Waals surface area contributed by atoms with Crippen molar-refractivity contribution in [1.29, 1.82) is 0 Å². The molecule has 93 heavy (non-hydrogen) atoms. The highest BCUT2D eigenvalue weighted by molar-refractivity contribution is 5.74. The number of carbonyl (C=O) groups is 10. The summed E-state index contributed by atoms with van der Waals surface area (Å²) in [4.78, 5) is 110. The molecule has 4 aliphatic rings. The lowest BCUT2D eigenvalue weighted by molar-refractivity contribution is -0.160. The van der Waals surface area contributed by atoms with Gasteiger partial charge >= 0.3 is 59.7 Å². The monoisotopic (exact) mass is 1340 g/mol. The second-order valence-corrected chi connectivity index (χ2v) is 27.1. The van der Waals surface area contributed by atoms with E-state index < -0.39 is 0 Å². The third-order valence-corrected chi connectivity index (χ3v) is 12.4. The number of likely N-dealkylation sites (tertiary alicyclic amines) is 1. The van der Waals surface area contributed by atoms with Crippen LogP contribution in [0.1, 0.15) is 252 Å². The van der Waals surface area contributed by atoms with Gasteiger partial charge in [-0.2, -0.15) is 0 Å². The lowest BCUT2D eigenvalue weighted by atomic mass is 9.96. The van der Waals surface area contributed by atoms with Crippen molar-refractivity contribution in [1.82, 2.24) is 4.90 Å². The van der Waals surface area contributed by atoms with Crippen molar-refractivity contribution in [3.05, 3.63) is 0 Å². The predicted octanol–water partition coefficient (Wildman–Crippen LogP) is 14.2. The average Bonchev–Trinajstić information content (AvgIpc) is 4.42. The Bertz CT molecular complexity index is 1870. The van der Waals surface area contributed by atoms with Crippen LogP contribution in [0.2, 0.25) is 0 Å². The van der Waals surface area contributed by atoms with E-state index in [1.165, 1.54) is 32.8 Å². The topological polar surface area (TPSA) is 266 Å². The average molecular weight is 1340 g/mol. The minimum absolute atomic E-state index is 0.000839. The molecular weight excluding hydrogens is 1200 g/mol. The summed E-state index contributed by atoms with van der Waals surface area (Å²) < 4.78 is 48.9. The molecular formula is C72H137NO20. The van der Waals surface area contributed by atoms with Gasteiger partial charge in [0.05, 0.1) is 105 Å². The van der Waals surface area contributed by atoms with Gasteiger partial charge in [-0.05, 0) is 111 Å². The van der Waals surface area contributed by atoms with Gasteiger partial charge in [0.1, 0.15) is 18.3 Å². The Labute approximate surface area is 564 Å². The predicted molar refractivity (Wildman–Crippen MR) is 365 cm³/mol. The van der Waals surface area contributed by atoms with Crippen LogP contribution in [0.15, 0.2) is 0 Å². The molecule has 0 spiro atoms. The Morgan fingerprint density at radius 1 is 0.355 bits per heavy atom. The van der Waals surface area contributed by atoms with E-state index >= 15 is 0 Å². The summed E-state index contributed by atoms with van der Waals surface area (Å²) in [5.41, 5.74) is 0. The summed E-state index contributed by atoms with van der Waals surface area (Å²) in [5, 5.41) is 0. The Morgan fingerprint density at radius 3 is 0.839 bits per heavy atom. The zero-order chi connectivity index (χ0) is 73.8. The van der Waals surface area contributed by atoms with Crippen LogP contribution in [0.5, 0.6) is 0 Å². The highest BCUT2D eigenvalue weighted by atomic mass is 16.6. The largest absolute Gasteiger partial charge is 0.469 e. The van der Waals surface area contributed by atoms with Crippen molar-refractivity contribution in [2.75, 3.05) is 53.7 Å². The third kappa shape index (κ3) is 65.1. The molecule has 0 aromatic carbocycles. The Kier molecular flexibility index (Phi) is 62.8. The van der Waals surface area contributed by atoms with Gasteiger partial charge < -0.3 is 47.4 Å². The van der Waals surface area contributed by atoms with Crippen LogP contribution < -0.4 is 0 Å². The van der Waals surface area contributed by atoms with Crippen molar-refractivity contribution in [3.63, 3.8) is 0 Å². The number of nitrogens with zero attached hydrogens (tertiary/aromatic N) is 1. The zero-order valence-electron chi connectivity index (χ0n) is 64.0. The Morgan fingerprint density at radius 2 is 0.645 bits per heavy atom. The fraction of sp³-hybridized carbons (Fsp3) is 0.861. The smallest absolute Gasteiger partial charge is 0.308 e. The molecule has 550 valence electrons. The number of hydrogen-bond donors (Lipinski definition) is 0. The summed E-state index contributed by atoms with van der Waals surface area (Å²) in [6.45, 7) is 55.9. The van der Waals surface area contributed by atoms with Crippen molar-refractivity contribution in [3.8, 4) is 0 Å². The number of methoxy groups -OCH3 is 1. The van der Waals surface area contributed by atoms with E-state index in [1.54, 1.807) is 27.7 Å². The molecule has 21 heteroatoms.